The molecule has 0 unspecified atom stereocenters. The molecule has 0 saturated carbocycles. The number of nitrogens with one attached hydrogen (secondary N) is 1. The van der Waals surface area contributed by atoms with E-state index in [1.54, 1.807) is 12.1 Å². The summed E-state index contributed by atoms with van der Waals surface area (Å²) < 4.78 is 5.15. The lowest BCUT2D eigenvalue weighted by Gasteiger charge is -2.15. The number of para-hydroxylation sites is 1. The molecule has 1 heterocycles. The molecule has 1 aliphatic heterocycles. The van der Waals surface area contributed by atoms with E-state index in [0.29, 0.717) is 30.2 Å². The first-order valence-electron chi connectivity index (χ1n) is 8.06. The average Bonchev–Trinajstić information content (AvgIpc) is 2.78. The zero-order valence-corrected chi connectivity index (χ0v) is 14.3. The topological polar surface area (TPSA) is 96.0 Å². The molecule has 0 atom stereocenters. The average molecular weight is 347 g/mol. The fourth-order valence-corrected chi connectivity index (χ4v) is 2.40. The second kappa shape index (κ2) is 8.39. The van der Waals surface area contributed by atoms with Crippen molar-refractivity contribution in [3.05, 3.63) is 29.8 Å². The number of hydrogen-bond donors (Lipinski definition) is 1. The maximum Gasteiger partial charge on any atom is 0.334 e. The number of carbonyl (C=O) groups excluding carboxylic acids is 4. The highest BCUT2D eigenvalue weighted by atomic mass is 16.5. The number of ether oxygens (including phenoxy) is 1. The smallest absolute Gasteiger partial charge is 0.334 e. The van der Waals surface area contributed by atoms with Crippen molar-refractivity contribution in [1.29, 1.82) is 0 Å². The van der Waals surface area contributed by atoms with E-state index in [1.165, 1.54) is 0 Å². The van der Waals surface area contributed by atoms with Crippen LogP contribution in [0.15, 0.2) is 24.3 Å². The molecule has 1 aromatic rings. The second-order valence-electron chi connectivity index (χ2n) is 5.54. The molecule has 0 aliphatic carbocycles. The molecular weight excluding hydrogens is 326 g/mol. The minimum atomic E-state index is -0.985. The molecule has 1 fully saturated rings. The maximum absolute atomic E-state index is 12.2. The number of anilines is 1. The maximum atomic E-state index is 12.2. The second-order valence-corrected chi connectivity index (χ2v) is 5.54. The number of aryl methyl sites for hydroxylation is 1. The van der Waals surface area contributed by atoms with Gasteiger partial charge in [-0.1, -0.05) is 18.2 Å². The van der Waals surface area contributed by atoms with E-state index in [1.807, 2.05) is 26.0 Å². The minimum Gasteiger partial charge on any atom is -0.382 e. The van der Waals surface area contributed by atoms with Crippen LogP contribution in [-0.4, -0.2) is 59.9 Å². The number of imide groups is 2. The summed E-state index contributed by atoms with van der Waals surface area (Å²) in [5.41, 5.74) is 1.44. The van der Waals surface area contributed by atoms with Gasteiger partial charge in [0.2, 0.25) is 5.91 Å². The molecule has 0 bridgehead atoms. The predicted octanol–water partition coefficient (Wildman–Crippen LogP) is 1.15. The summed E-state index contributed by atoms with van der Waals surface area (Å²) in [5.74, 6) is -2.44. The Labute approximate surface area is 145 Å². The molecule has 1 aromatic carbocycles. The number of nitrogens with zero attached hydrogens (tertiary/aromatic N) is 2. The molecule has 1 saturated heterocycles. The van der Waals surface area contributed by atoms with Gasteiger partial charge < -0.3 is 10.1 Å². The summed E-state index contributed by atoms with van der Waals surface area (Å²) in [7, 11) is 0. The van der Waals surface area contributed by atoms with Gasteiger partial charge in [-0.3, -0.25) is 19.3 Å². The molecule has 25 heavy (non-hydrogen) atoms. The van der Waals surface area contributed by atoms with Crippen molar-refractivity contribution in [2.24, 2.45) is 0 Å². The highest BCUT2D eigenvalue weighted by Crippen LogP contribution is 2.15. The molecule has 5 amide bonds. The number of carbonyl (C=O) groups is 4. The SMILES string of the molecule is CCOCCCN1C(=O)C(=O)N(CC(=O)Nc2ccccc2C)C1=O. The van der Waals surface area contributed by atoms with Crippen LogP contribution in [0, 0.1) is 6.92 Å². The summed E-state index contributed by atoms with van der Waals surface area (Å²) in [5, 5.41) is 2.63. The molecule has 8 heteroatoms. The first-order chi connectivity index (χ1) is 12.0. The van der Waals surface area contributed by atoms with Crippen molar-refractivity contribution in [1.82, 2.24) is 9.80 Å². The van der Waals surface area contributed by atoms with Gasteiger partial charge in [-0.2, -0.15) is 0 Å². The Morgan fingerprint density at radius 2 is 1.80 bits per heavy atom. The van der Waals surface area contributed by atoms with Crippen LogP contribution in [0.25, 0.3) is 0 Å². The van der Waals surface area contributed by atoms with Gasteiger partial charge in [0.05, 0.1) is 0 Å². The van der Waals surface area contributed by atoms with Crippen LogP contribution in [0.4, 0.5) is 10.5 Å². The van der Waals surface area contributed by atoms with Gasteiger partial charge in [-0.15, -0.1) is 0 Å². The molecule has 2 rings (SSSR count). The van der Waals surface area contributed by atoms with Crippen LogP contribution in [0.1, 0.15) is 18.9 Å². The van der Waals surface area contributed by atoms with Crippen LogP contribution < -0.4 is 5.32 Å². The Kier molecular flexibility index (Phi) is 6.24. The fraction of sp³-hybridized carbons (Fsp3) is 0.412. The van der Waals surface area contributed by atoms with Crippen LogP contribution in [0.5, 0.6) is 0 Å². The monoisotopic (exact) mass is 347 g/mol. The number of hydrogen-bond acceptors (Lipinski definition) is 5. The molecular formula is C17H21N3O5. The molecule has 0 spiro atoms. The fourth-order valence-electron chi connectivity index (χ4n) is 2.40. The molecule has 1 N–H and O–H groups in total. The third-order valence-electron chi connectivity index (χ3n) is 3.73. The third-order valence-corrected chi connectivity index (χ3v) is 3.73. The van der Waals surface area contributed by atoms with Crippen molar-refractivity contribution in [2.45, 2.75) is 20.3 Å². The zero-order valence-electron chi connectivity index (χ0n) is 14.3. The minimum absolute atomic E-state index is 0.0827. The Bertz CT molecular complexity index is 689. The highest BCUT2D eigenvalue weighted by Gasteiger charge is 2.44. The quantitative estimate of drug-likeness (QED) is 0.432. The van der Waals surface area contributed by atoms with E-state index in [9.17, 15) is 19.2 Å². The Hall–Kier alpha value is -2.74. The van der Waals surface area contributed by atoms with Gasteiger partial charge in [-0.25, -0.2) is 9.69 Å². The normalized spacial score (nSPS) is 14.4. The van der Waals surface area contributed by atoms with Crippen molar-refractivity contribution in [3.63, 3.8) is 0 Å². The van der Waals surface area contributed by atoms with Gasteiger partial charge in [0.15, 0.2) is 0 Å². The summed E-state index contributed by atoms with van der Waals surface area (Å²) in [6.07, 6.45) is 0.432. The van der Waals surface area contributed by atoms with Gasteiger partial charge in [0, 0.05) is 25.4 Å². The molecule has 8 nitrogen and oxygen atoms in total. The molecule has 0 radical (unpaired) electrons. The van der Waals surface area contributed by atoms with E-state index < -0.39 is 30.3 Å². The van der Waals surface area contributed by atoms with E-state index in [-0.39, 0.29) is 6.54 Å². The van der Waals surface area contributed by atoms with Crippen LogP contribution in [0.3, 0.4) is 0 Å². The van der Waals surface area contributed by atoms with Crippen molar-refractivity contribution in [2.75, 3.05) is 31.6 Å². The van der Waals surface area contributed by atoms with Gasteiger partial charge in [0.25, 0.3) is 0 Å². The Morgan fingerprint density at radius 1 is 1.12 bits per heavy atom. The number of amides is 5. The Morgan fingerprint density at radius 3 is 2.48 bits per heavy atom. The summed E-state index contributed by atoms with van der Waals surface area (Å²) in [4.78, 5) is 49.8. The van der Waals surface area contributed by atoms with Crippen molar-refractivity contribution in [3.8, 4) is 0 Å². The van der Waals surface area contributed by atoms with Crippen LogP contribution in [-0.2, 0) is 19.1 Å². The lowest BCUT2D eigenvalue weighted by molar-refractivity contribution is -0.143. The third kappa shape index (κ3) is 4.42. The van der Waals surface area contributed by atoms with E-state index in [0.717, 1.165) is 10.5 Å². The number of rotatable bonds is 8. The lowest BCUT2D eigenvalue weighted by Crippen LogP contribution is -2.39. The first-order valence-corrected chi connectivity index (χ1v) is 8.06. The summed E-state index contributed by atoms with van der Waals surface area (Å²) in [6, 6.07) is 6.36. The van der Waals surface area contributed by atoms with Crippen molar-refractivity contribution >= 4 is 29.4 Å². The summed E-state index contributed by atoms with van der Waals surface area (Å²) in [6.45, 7) is 4.16. The lowest BCUT2D eigenvalue weighted by atomic mass is 10.2. The summed E-state index contributed by atoms with van der Waals surface area (Å²) >= 11 is 0. The largest absolute Gasteiger partial charge is 0.382 e. The number of benzene rings is 1. The molecule has 0 aromatic heterocycles. The van der Waals surface area contributed by atoms with Crippen LogP contribution in [0.2, 0.25) is 0 Å². The predicted molar refractivity (Wildman–Crippen MR) is 89.7 cm³/mol. The Balaban J connectivity index is 1.96. The van der Waals surface area contributed by atoms with Crippen LogP contribution >= 0.6 is 0 Å². The standard InChI is InChI=1S/C17H21N3O5/c1-3-25-10-6-9-19-15(22)16(23)20(17(19)24)11-14(21)18-13-8-5-4-7-12(13)2/h4-5,7-8H,3,6,9-11H2,1-2H3,(H,18,21). The molecule has 1 aliphatic rings. The highest BCUT2D eigenvalue weighted by molar-refractivity contribution is 6.45. The van der Waals surface area contributed by atoms with E-state index in [2.05, 4.69) is 5.32 Å². The van der Waals surface area contributed by atoms with E-state index in [4.69, 9.17) is 4.74 Å². The van der Waals surface area contributed by atoms with Crippen molar-refractivity contribution < 1.29 is 23.9 Å². The molecule has 134 valence electrons. The zero-order chi connectivity index (χ0) is 18.4. The van der Waals surface area contributed by atoms with Gasteiger partial charge in [-0.05, 0) is 31.9 Å². The van der Waals surface area contributed by atoms with Gasteiger partial charge >= 0.3 is 17.8 Å². The van der Waals surface area contributed by atoms with Gasteiger partial charge in [0.1, 0.15) is 6.54 Å². The van der Waals surface area contributed by atoms with E-state index >= 15 is 0 Å². The number of urea groups is 1. The first kappa shape index (κ1) is 18.6.